The zero-order chi connectivity index (χ0) is 28.6. The number of alkyl halides is 7. The van der Waals surface area contributed by atoms with E-state index in [-0.39, 0.29) is 34.8 Å². The van der Waals surface area contributed by atoms with E-state index in [1.807, 2.05) is 0 Å². The van der Waals surface area contributed by atoms with E-state index >= 15 is 0 Å². The molecule has 1 amide bonds. The van der Waals surface area contributed by atoms with Crippen molar-refractivity contribution in [2.24, 2.45) is 0 Å². The number of ether oxygens (including phenoxy) is 1. The van der Waals surface area contributed by atoms with Crippen molar-refractivity contribution in [3.63, 3.8) is 0 Å². The molecule has 0 bridgehead atoms. The molecule has 1 N–H and O–H groups in total. The third-order valence-electron chi connectivity index (χ3n) is 4.85. The minimum Gasteiger partial charge on any atom is -0.444 e. The lowest BCUT2D eigenvalue weighted by atomic mass is 9.92. The summed E-state index contributed by atoms with van der Waals surface area (Å²) in [7, 11) is 0. The van der Waals surface area contributed by atoms with Gasteiger partial charge in [-0.2, -0.15) is 26.3 Å². The van der Waals surface area contributed by atoms with Crippen LogP contribution in [0.25, 0.3) is 0 Å². The van der Waals surface area contributed by atoms with E-state index in [1.165, 1.54) is 18.2 Å². The van der Waals surface area contributed by atoms with Crippen LogP contribution in [0.1, 0.15) is 47.8 Å². The quantitative estimate of drug-likeness (QED) is 0.269. The van der Waals surface area contributed by atoms with Gasteiger partial charge in [-0.05, 0) is 50.1 Å². The largest absolute Gasteiger partial charge is 0.444 e. The van der Waals surface area contributed by atoms with Crippen LogP contribution in [0.4, 0.5) is 35.5 Å². The molecule has 0 aliphatic carbocycles. The number of nitrogens with one attached hydrogen (secondary N) is 1. The van der Waals surface area contributed by atoms with Crippen molar-refractivity contribution in [3.05, 3.63) is 67.7 Å². The molecule has 0 fully saturated rings. The van der Waals surface area contributed by atoms with Crippen molar-refractivity contribution in [1.82, 2.24) is 5.32 Å². The molecule has 0 radical (unpaired) electrons. The molecule has 204 valence electrons. The van der Waals surface area contributed by atoms with Gasteiger partial charge in [0.15, 0.2) is 5.78 Å². The molecule has 2 aromatic carbocycles. The van der Waals surface area contributed by atoms with E-state index in [2.05, 4.69) is 5.32 Å². The second-order valence-electron chi connectivity index (χ2n) is 8.83. The summed E-state index contributed by atoms with van der Waals surface area (Å²) >= 11 is 17.8. The normalized spacial score (nSPS) is 12.9. The smallest absolute Gasteiger partial charge is 0.435 e. The maximum Gasteiger partial charge on any atom is 0.435 e. The first-order valence-corrected chi connectivity index (χ1v) is 11.4. The fourth-order valence-corrected chi connectivity index (χ4v) is 3.94. The molecule has 0 saturated carbocycles. The summed E-state index contributed by atoms with van der Waals surface area (Å²) < 4.78 is 97.7. The lowest BCUT2D eigenvalue weighted by molar-refractivity contribution is -0.348. The highest BCUT2D eigenvalue weighted by atomic mass is 35.5. The van der Waals surface area contributed by atoms with Gasteiger partial charge in [0, 0.05) is 39.2 Å². The molecule has 2 rings (SSSR count). The van der Waals surface area contributed by atoms with E-state index in [4.69, 9.17) is 39.5 Å². The number of ketones is 1. The van der Waals surface area contributed by atoms with Gasteiger partial charge in [0.1, 0.15) is 5.60 Å². The molecule has 0 heterocycles. The number of alkyl carbamates (subject to hydrolysis) is 1. The fourth-order valence-electron chi connectivity index (χ4n) is 3.07. The lowest BCUT2D eigenvalue weighted by Crippen LogP contribution is -2.50. The Morgan fingerprint density at radius 2 is 1.35 bits per heavy atom. The van der Waals surface area contributed by atoms with Gasteiger partial charge in [-0.25, -0.2) is 9.18 Å². The summed E-state index contributed by atoms with van der Waals surface area (Å²) in [5.74, 6) is -0.691. The predicted octanol–water partition coefficient (Wildman–Crippen LogP) is 8.39. The van der Waals surface area contributed by atoms with Gasteiger partial charge in [-0.1, -0.05) is 46.9 Å². The van der Waals surface area contributed by atoms with E-state index < -0.39 is 57.5 Å². The van der Waals surface area contributed by atoms with Crippen molar-refractivity contribution in [2.45, 2.75) is 57.4 Å². The van der Waals surface area contributed by atoms with Crippen LogP contribution >= 0.6 is 34.8 Å². The van der Waals surface area contributed by atoms with Crippen molar-refractivity contribution in [3.8, 4) is 0 Å². The average Bonchev–Trinajstić information content (AvgIpc) is 2.71. The number of hydrogen-bond donors (Lipinski definition) is 1. The summed E-state index contributed by atoms with van der Waals surface area (Å²) in [5, 5.41) is 1.02. The number of Topliss-reactive ketones (excluding diaryl/α,β-unsaturated/α-hetero) is 1. The van der Waals surface area contributed by atoms with Gasteiger partial charge in [-0.15, -0.1) is 0 Å². The van der Waals surface area contributed by atoms with Crippen LogP contribution in [0, 0.1) is 0 Å². The first kappa shape index (κ1) is 31.0. The third-order valence-corrected chi connectivity index (χ3v) is 5.88. The molecule has 0 unspecified atom stereocenters. The standard InChI is InChI=1S/C23H19Cl3F7NO3/c1-20(2,3)37-19(36)34-10-12-5-4-11(6-15(12)24)18(35)9-14-16(25)7-13(8-17(14)26)21(27,22(28,29)30)23(31,32)33/h4-8H,9-10H2,1-3H3,(H,34,36). The summed E-state index contributed by atoms with van der Waals surface area (Å²) in [6.45, 7) is 4.98. The molecule has 0 aliphatic heterocycles. The van der Waals surface area contributed by atoms with Crippen molar-refractivity contribution in [2.75, 3.05) is 0 Å². The Morgan fingerprint density at radius 1 is 0.838 bits per heavy atom. The molecule has 0 aliphatic rings. The monoisotopic (exact) mass is 595 g/mol. The molecular formula is C23H19Cl3F7NO3. The highest BCUT2D eigenvalue weighted by Crippen LogP contribution is 2.54. The van der Waals surface area contributed by atoms with Crippen LogP contribution in [-0.2, 0) is 23.4 Å². The Labute approximate surface area is 222 Å². The van der Waals surface area contributed by atoms with Gasteiger partial charge in [0.2, 0.25) is 0 Å². The number of carbonyl (C=O) groups is 2. The zero-order valence-corrected chi connectivity index (χ0v) is 21.6. The fraction of sp³-hybridized carbons (Fsp3) is 0.391. The molecule has 0 aromatic heterocycles. The predicted molar refractivity (Wildman–Crippen MR) is 124 cm³/mol. The van der Waals surface area contributed by atoms with E-state index in [0.29, 0.717) is 5.56 Å². The Bertz CT molecular complexity index is 1150. The van der Waals surface area contributed by atoms with Gasteiger partial charge >= 0.3 is 24.1 Å². The maximum absolute atomic E-state index is 14.3. The van der Waals surface area contributed by atoms with Crippen LogP contribution in [0.15, 0.2) is 30.3 Å². The van der Waals surface area contributed by atoms with E-state index in [9.17, 15) is 40.3 Å². The highest BCUT2D eigenvalue weighted by Gasteiger charge is 2.73. The Morgan fingerprint density at radius 3 is 1.78 bits per heavy atom. The Balaban J connectivity index is 2.26. The molecule has 2 aromatic rings. The first-order chi connectivity index (χ1) is 16.7. The summed E-state index contributed by atoms with van der Waals surface area (Å²) in [5.41, 5.74) is -8.21. The summed E-state index contributed by atoms with van der Waals surface area (Å²) in [4.78, 5) is 24.5. The van der Waals surface area contributed by atoms with Gasteiger partial charge < -0.3 is 10.1 Å². The Kier molecular flexibility index (Phi) is 9.09. The number of benzene rings is 2. The molecule has 0 spiro atoms. The molecule has 37 heavy (non-hydrogen) atoms. The van der Waals surface area contributed by atoms with E-state index in [1.54, 1.807) is 20.8 Å². The number of rotatable bonds is 6. The highest BCUT2D eigenvalue weighted by molar-refractivity contribution is 6.36. The number of amides is 1. The third kappa shape index (κ3) is 7.20. The van der Waals surface area contributed by atoms with E-state index in [0.717, 1.165) is 0 Å². The second-order valence-corrected chi connectivity index (χ2v) is 10.1. The second kappa shape index (κ2) is 10.9. The zero-order valence-electron chi connectivity index (χ0n) is 19.3. The van der Waals surface area contributed by atoms with Crippen LogP contribution in [-0.4, -0.2) is 29.8 Å². The minimum absolute atomic E-state index is 0.00708. The van der Waals surface area contributed by atoms with Gasteiger partial charge in [-0.3, -0.25) is 4.79 Å². The molecule has 0 atom stereocenters. The number of hydrogen-bond acceptors (Lipinski definition) is 3. The molecule has 0 saturated heterocycles. The number of halogens is 10. The molecular weight excluding hydrogens is 578 g/mol. The van der Waals surface area contributed by atoms with Crippen LogP contribution in [0.2, 0.25) is 15.1 Å². The van der Waals surface area contributed by atoms with Gasteiger partial charge in [0.05, 0.1) is 0 Å². The minimum atomic E-state index is -6.36. The maximum atomic E-state index is 14.3. The lowest BCUT2D eigenvalue weighted by Gasteiger charge is -2.30. The average molecular weight is 597 g/mol. The summed E-state index contributed by atoms with van der Waals surface area (Å²) in [6.07, 6.45) is -14.1. The van der Waals surface area contributed by atoms with Gasteiger partial charge in [0.25, 0.3) is 0 Å². The van der Waals surface area contributed by atoms with Crippen molar-refractivity contribution < 1.29 is 45.1 Å². The molecule has 14 heteroatoms. The van der Waals surface area contributed by atoms with Crippen LogP contribution in [0.5, 0.6) is 0 Å². The first-order valence-electron chi connectivity index (χ1n) is 10.3. The number of carbonyl (C=O) groups excluding carboxylic acids is 2. The van der Waals surface area contributed by atoms with Crippen LogP contribution < -0.4 is 5.32 Å². The Hall–Kier alpha value is -2.24. The van der Waals surface area contributed by atoms with Crippen LogP contribution in [0.3, 0.4) is 0 Å². The summed E-state index contributed by atoms with van der Waals surface area (Å²) in [6, 6.07) is 4.26. The van der Waals surface area contributed by atoms with Crippen molar-refractivity contribution in [1.29, 1.82) is 0 Å². The molecule has 4 nitrogen and oxygen atoms in total. The SMILES string of the molecule is CC(C)(C)OC(=O)NCc1ccc(C(=O)Cc2c(Cl)cc(C(F)(C(F)(F)F)C(F)(F)F)cc2Cl)cc1Cl. The topological polar surface area (TPSA) is 55.4 Å². The van der Waals surface area contributed by atoms with Crippen molar-refractivity contribution >= 4 is 46.7 Å².